The Morgan fingerprint density at radius 2 is 2.00 bits per heavy atom. The molecule has 0 spiro atoms. The SMILES string of the molecule is CCOCCCNCc1cc(Br)cc(OC)c1OCC. The maximum Gasteiger partial charge on any atom is 0.165 e. The lowest BCUT2D eigenvalue weighted by Gasteiger charge is -2.15. The van der Waals surface area contributed by atoms with Gasteiger partial charge >= 0.3 is 0 Å². The summed E-state index contributed by atoms with van der Waals surface area (Å²) in [6.45, 7) is 7.84. The van der Waals surface area contributed by atoms with Gasteiger partial charge in [0.05, 0.1) is 13.7 Å². The molecule has 1 aromatic rings. The molecule has 0 aliphatic rings. The summed E-state index contributed by atoms with van der Waals surface area (Å²) in [5.41, 5.74) is 1.09. The molecule has 0 unspecified atom stereocenters. The summed E-state index contributed by atoms with van der Waals surface area (Å²) in [5.74, 6) is 1.57. The van der Waals surface area contributed by atoms with E-state index in [0.29, 0.717) is 6.61 Å². The predicted octanol–water partition coefficient (Wildman–Crippen LogP) is 3.37. The lowest BCUT2D eigenvalue weighted by Crippen LogP contribution is -2.17. The second-order valence-electron chi connectivity index (χ2n) is 4.26. The van der Waals surface area contributed by atoms with Gasteiger partial charge < -0.3 is 19.5 Å². The molecule has 0 heterocycles. The largest absolute Gasteiger partial charge is 0.493 e. The second kappa shape index (κ2) is 10.0. The smallest absolute Gasteiger partial charge is 0.165 e. The van der Waals surface area contributed by atoms with Crippen LogP contribution in [0.3, 0.4) is 0 Å². The van der Waals surface area contributed by atoms with E-state index in [1.54, 1.807) is 7.11 Å². The van der Waals surface area contributed by atoms with Gasteiger partial charge in [0, 0.05) is 29.8 Å². The molecule has 0 radical (unpaired) electrons. The number of rotatable bonds is 10. The lowest BCUT2D eigenvalue weighted by molar-refractivity contribution is 0.144. The molecule has 1 rings (SSSR count). The Morgan fingerprint density at radius 1 is 1.20 bits per heavy atom. The Labute approximate surface area is 129 Å². The van der Waals surface area contributed by atoms with Crippen LogP contribution in [0, 0.1) is 0 Å². The molecule has 4 nitrogen and oxygen atoms in total. The highest BCUT2D eigenvalue weighted by Crippen LogP contribution is 2.34. The van der Waals surface area contributed by atoms with Crippen LogP contribution in [0.25, 0.3) is 0 Å². The molecule has 5 heteroatoms. The number of ether oxygens (including phenoxy) is 3. The van der Waals surface area contributed by atoms with E-state index >= 15 is 0 Å². The van der Waals surface area contributed by atoms with Gasteiger partial charge in [0.15, 0.2) is 11.5 Å². The van der Waals surface area contributed by atoms with Crippen LogP contribution in [0.5, 0.6) is 11.5 Å². The minimum absolute atomic E-state index is 0.620. The molecular formula is C15H24BrNO3. The molecule has 0 saturated carbocycles. The highest BCUT2D eigenvalue weighted by molar-refractivity contribution is 9.10. The van der Waals surface area contributed by atoms with Gasteiger partial charge in [-0.2, -0.15) is 0 Å². The van der Waals surface area contributed by atoms with Crippen LogP contribution in [0.1, 0.15) is 25.8 Å². The third-order valence-electron chi connectivity index (χ3n) is 2.77. The standard InChI is InChI=1S/C15H24BrNO3/c1-4-19-8-6-7-17-11-12-9-13(16)10-14(18-3)15(12)20-5-2/h9-10,17H,4-8,11H2,1-3H3. The van der Waals surface area contributed by atoms with Crippen molar-refractivity contribution in [3.63, 3.8) is 0 Å². The van der Waals surface area contributed by atoms with E-state index in [4.69, 9.17) is 14.2 Å². The third-order valence-corrected chi connectivity index (χ3v) is 3.22. The number of hydrogen-bond acceptors (Lipinski definition) is 4. The first kappa shape index (κ1) is 17.3. The third kappa shape index (κ3) is 5.69. The fraction of sp³-hybridized carbons (Fsp3) is 0.600. The fourth-order valence-electron chi connectivity index (χ4n) is 1.88. The van der Waals surface area contributed by atoms with Crippen LogP contribution >= 0.6 is 15.9 Å². The van der Waals surface area contributed by atoms with E-state index in [0.717, 1.165) is 54.3 Å². The van der Waals surface area contributed by atoms with Crippen LogP contribution in [-0.2, 0) is 11.3 Å². The van der Waals surface area contributed by atoms with E-state index in [1.807, 2.05) is 19.9 Å². The molecule has 1 aromatic carbocycles. The molecule has 0 aromatic heterocycles. The normalized spacial score (nSPS) is 10.6. The zero-order chi connectivity index (χ0) is 14.8. The molecule has 20 heavy (non-hydrogen) atoms. The molecule has 114 valence electrons. The maximum atomic E-state index is 5.70. The Morgan fingerprint density at radius 3 is 2.65 bits per heavy atom. The van der Waals surface area contributed by atoms with Crippen molar-refractivity contribution in [3.8, 4) is 11.5 Å². The minimum Gasteiger partial charge on any atom is -0.493 e. The van der Waals surface area contributed by atoms with E-state index in [9.17, 15) is 0 Å². The zero-order valence-electron chi connectivity index (χ0n) is 12.5. The van der Waals surface area contributed by atoms with Gasteiger partial charge in [-0.25, -0.2) is 0 Å². The van der Waals surface area contributed by atoms with Crippen LogP contribution in [0.15, 0.2) is 16.6 Å². The zero-order valence-corrected chi connectivity index (χ0v) is 14.1. The summed E-state index contributed by atoms with van der Waals surface area (Å²) in [6, 6.07) is 3.98. The molecule has 0 atom stereocenters. The maximum absolute atomic E-state index is 5.70. The topological polar surface area (TPSA) is 39.7 Å². The summed E-state index contributed by atoms with van der Waals surface area (Å²) < 4.78 is 17.4. The first-order chi connectivity index (χ1) is 9.72. The molecule has 0 amide bonds. The first-order valence-electron chi connectivity index (χ1n) is 7.00. The molecule has 0 bridgehead atoms. The van der Waals surface area contributed by atoms with Crippen LogP contribution < -0.4 is 14.8 Å². The van der Waals surface area contributed by atoms with Crippen LogP contribution in [-0.4, -0.2) is 33.5 Å². The van der Waals surface area contributed by atoms with Crippen molar-refractivity contribution >= 4 is 15.9 Å². The van der Waals surface area contributed by atoms with Crippen LogP contribution in [0.4, 0.5) is 0 Å². The van der Waals surface area contributed by atoms with Crippen molar-refractivity contribution in [3.05, 3.63) is 22.2 Å². The highest BCUT2D eigenvalue weighted by Gasteiger charge is 2.12. The summed E-state index contributed by atoms with van der Waals surface area (Å²) in [7, 11) is 1.66. The van der Waals surface area contributed by atoms with Gasteiger partial charge in [0.1, 0.15) is 0 Å². The van der Waals surface area contributed by atoms with Crippen molar-refractivity contribution in [2.45, 2.75) is 26.8 Å². The summed E-state index contributed by atoms with van der Waals surface area (Å²) in [5, 5.41) is 3.40. The molecule has 0 saturated heterocycles. The monoisotopic (exact) mass is 345 g/mol. The van der Waals surface area contributed by atoms with Gasteiger partial charge in [-0.15, -0.1) is 0 Å². The summed E-state index contributed by atoms with van der Waals surface area (Å²) in [4.78, 5) is 0. The Kier molecular flexibility index (Phi) is 8.65. The fourth-order valence-corrected chi connectivity index (χ4v) is 2.36. The van der Waals surface area contributed by atoms with E-state index in [-0.39, 0.29) is 0 Å². The van der Waals surface area contributed by atoms with Gasteiger partial charge in [0.25, 0.3) is 0 Å². The van der Waals surface area contributed by atoms with E-state index in [2.05, 4.69) is 27.3 Å². The second-order valence-corrected chi connectivity index (χ2v) is 5.17. The summed E-state index contributed by atoms with van der Waals surface area (Å²) in [6.07, 6.45) is 1.00. The quantitative estimate of drug-likeness (QED) is 0.660. The lowest BCUT2D eigenvalue weighted by atomic mass is 10.2. The van der Waals surface area contributed by atoms with Crippen LogP contribution in [0.2, 0.25) is 0 Å². The van der Waals surface area contributed by atoms with Crippen molar-refractivity contribution in [2.24, 2.45) is 0 Å². The van der Waals surface area contributed by atoms with Gasteiger partial charge in [-0.1, -0.05) is 15.9 Å². The molecule has 0 aliphatic carbocycles. The van der Waals surface area contributed by atoms with E-state index < -0.39 is 0 Å². The number of halogens is 1. The van der Waals surface area contributed by atoms with Crippen molar-refractivity contribution in [1.29, 1.82) is 0 Å². The first-order valence-corrected chi connectivity index (χ1v) is 7.79. The Hall–Kier alpha value is -0.780. The van der Waals surface area contributed by atoms with Gasteiger partial charge in [-0.3, -0.25) is 0 Å². The average molecular weight is 346 g/mol. The predicted molar refractivity (Wildman–Crippen MR) is 84.7 cm³/mol. The summed E-state index contributed by atoms with van der Waals surface area (Å²) >= 11 is 3.50. The van der Waals surface area contributed by atoms with Crippen molar-refractivity contribution < 1.29 is 14.2 Å². The van der Waals surface area contributed by atoms with Gasteiger partial charge in [-0.05, 0) is 38.9 Å². The number of hydrogen-bond donors (Lipinski definition) is 1. The molecule has 1 N–H and O–H groups in total. The molecule has 0 aliphatic heterocycles. The number of methoxy groups -OCH3 is 1. The molecular weight excluding hydrogens is 322 g/mol. The van der Waals surface area contributed by atoms with Crippen molar-refractivity contribution in [1.82, 2.24) is 5.32 Å². The minimum atomic E-state index is 0.620. The van der Waals surface area contributed by atoms with Crippen molar-refractivity contribution in [2.75, 3.05) is 33.5 Å². The van der Waals surface area contributed by atoms with E-state index in [1.165, 1.54) is 0 Å². The molecule has 0 fully saturated rings. The Balaban J connectivity index is 2.60. The number of nitrogens with one attached hydrogen (secondary N) is 1. The number of benzene rings is 1. The Bertz CT molecular complexity index is 399. The van der Waals surface area contributed by atoms with Gasteiger partial charge in [0.2, 0.25) is 0 Å². The average Bonchev–Trinajstić information content (AvgIpc) is 2.45. The highest BCUT2D eigenvalue weighted by atomic mass is 79.9.